The van der Waals surface area contributed by atoms with Crippen molar-refractivity contribution in [2.45, 2.75) is 24.6 Å². The second-order valence-electron chi connectivity index (χ2n) is 4.13. The van der Waals surface area contributed by atoms with E-state index >= 15 is 0 Å². The number of aliphatic hydroxyl groups excluding tert-OH is 1. The zero-order valence-corrected chi connectivity index (χ0v) is 8.07. The Bertz CT molecular complexity index is 177. The van der Waals surface area contributed by atoms with Crippen LogP contribution in [0.25, 0.3) is 0 Å². The number of aliphatic hydroxyl groups is 1. The van der Waals surface area contributed by atoms with Gasteiger partial charge >= 0.3 is 0 Å². The van der Waals surface area contributed by atoms with E-state index in [1.54, 1.807) is 0 Å². The first-order chi connectivity index (χ1) is 6.25. The third-order valence-electron chi connectivity index (χ3n) is 2.89. The maximum atomic E-state index is 9.51. The number of likely N-dealkylation sites (tertiary alicyclic amines) is 1. The normalized spacial score (nSPS) is 41.5. The first kappa shape index (κ1) is 9.40. The lowest BCUT2D eigenvalue weighted by Gasteiger charge is -2.19. The van der Waals surface area contributed by atoms with E-state index < -0.39 is 0 Å². The van der Waals surface area contributed by atoms with Gasteiger partial charge in [0.25, 0.3) is 0 Å². The highest BCUT2D eigenvalue weighted by Gasteiger charge is 2.30. The molecular weight excluding hydrogens is 168 g/mol. The Hall–Kier alpha value is -0.160. The van der Waals surface area contributed by atoms with E-state index in [4.69, 9.17) is 4.74 Å². The molecule has 4 nitrogen and oxygen atoms in total. The summed E-state index contributed by atoms with van der Waals surface area (Å²) in [5, 5.41) is 13.0. The number of hydrogen-bond acceptors (Lipinski definition) is 4. The fourth-order valence-electron chi connectivity index (χ4n) is 2.08. The zero-order chi connectivity index (χ0) is 9.26. The summed E-state index contributed by atoms with van der Waals surface area (Å²) < 4.78 is 5.18. The largest absolute Gasteiger partial charge is 0.389 e. The van der Waals surface area contributed by atoms with E-state index in [0.29, 0.717) is 19.3 Å². The van der Waals surface area contributed by atoms with E-state index in [0.717, 1.165) is 13.1 Å². The lowest BCUT2D eigenvalue weighted by Crippen LogP contribution is -2.45. The minimum atomic E-state index is -0.314. The first-order valence-corrected chi connectivity index (χ1v) is 4.96. The van der Waals surface area contributed by atoms with Gasteiger partial charge < -0.3 is 20.1 Å². The Morgan fingerprint density at radius 3 is 2.85 bits per heavy atom. The van der Waals surface area contributed by atoms with Crippen LogP contribution in [0.15, 0.2) is 0 Å². The molecule has 76 valence electrons. The van der Waals surface area contributed by atoms with Gasteiger partial charge in [0.05, 0.1) is 25.4 Å². The van der Waals surface area contributed by atoms with Gasteiger partial charge in [-0.2, -0.15) is 0 Å². The molecule has 13 heavy (non-hydrogen) atoms. The molecule has 2 heterocycles. The van der Waals surface area contributed by atoms with Gasteiger partial charge in [-0.3, -0.25) is 0 Å². The van der Waals surface area contributed by atoms with Gasteiger partial charge in [0.1, 0.15) is 0 Å². The first-order valence-electron chi connectivity index (χ1n) is 4.96. The van der Waals surface area contributed by atoms with Crippen molar-refractivity contribution in [3.05, 3.63) is 0 Å². The minimum absolute atomic E-state index is 0.150. The number of likely N-dealkylation sites (N-methyl/N-ethyl adjacent to an activating group) is 1. The summed E-state index contributed by atoms with van der Waals surface area (Å²) in [6, 6.07) is 0.683. The molecule has 3 atom stereocenters. The van der Waals surface area contributed by atoms with Crippen LogP contribution in [0.1, 0.15) is 6.42 Å². The van der Waals surface area contributed by atoms with Crippen LogP contribution >= 0.6 is 0 Å². The second kappa shape index (κ2) is 3.92. The molecule has 2 aliphatic rings. The predicted octanol–water partition coefficient (Wildman–Crippen LogP) is -0.960. The number of hydrogen-bond donors (Lipinski definition) is 2. The quantitative estimate of drug-likeness (QED) is 0.583. The van der Waals surface area contributed by atoms with Crippen molar-refractivity contribution < 1.29 is 9.84 Å². The van der Waals surface area contributed by atoms with Gasteiger partial charge in [-0.15, -0.1) is 0 Å². The van der Waals surface area contributed by atoms with Crippen molar-refractivity contribution in [1.29, 1.82) is 0 Å². The summed E-state index contributed by atoms with van der Waals surface area (Å²) in [6.45, 7) is 3.38. The Morgan fingerprint density at radius 2 is 2.31 bits per heavy atom. The SMILES string of the molecule is CN1CCC(NC2COCC2O)C1. The van der Waals surface area contributed by atoms with Crippen molar-refractivity contribution >= 4 is 0 Å². The molecule has 0 aromatic carbocycles. The van der Waals surface area contributed by atoms with Crippen LogP contribution in [0, 0.1) is 0 Å². The van der Waals surface area contributed by atoms with Gasteiger partial charge in [0.2, 0.25) is 0 Å². The highest BCUT2D eigenvalue weighted by atomic mass is 16.5. The van der Waals surface area contributed by atoms with E-state index in [-0.39, 0.29) is 12.1 Å². The van der Waals surface area contributed by atoms with Crippen molar-refractivity contribution in [2.75, 3.05) is 33.4 Å². The number of ether oxygens (including phenoxy) is 1. The number of rotatable bonds is 2. The number of nitrogens with one attached hydrogen (secondary N) is 1. The molecule has 0 aliphatic carbocycles. The fourth-order valence-corrected chi connectivity index (χ4v) is 2.08. The molecule has 0 saturated carbocycles. The molecule has 0 aromatic rings. The molecule has 4 heteroatoms. The van der Waals surface area contributed by atoms with Gasteiger partial charge in [-0.1, -0.05) is 0 Å². The minimum Gasteiger partial charge on any atom is -0.389 e. The summed E-state index contributed by atoms with van der Waals surface area (Å²) >= 11 is 0. The molecule has 0 spiro atoms. The lowest BCUT2D eigenvalue weighted by molar-refractivity contribution is 0.121. The third kappa shape index (κ3) is 2.20. The maximum Gasteiger partial charge on any atom is 0.0948 e. The molecule has 2 N–H and O–H groups in total. The average Bonchev–Trinajstić information content (AvgIpc) is 2.64. The Kier molecular flexibility index (Phi) is 2.83. The number of nitrogens with zero attached hydrogens (tertiary/aromatic N) is 1. The summed E-state index contributed by atoms with van der Waals surface area (Å²) in [5.74, 6) is 0. The predicted molar refractivity (Wildman–Crippen MR) is 49.7 cm³/mol. The van der Waals surface area contributed by atoms with E-state index in [2.05, 4.69) is 17.3 Å². The van der Waals surface area contributed by atoms with Gasteiger partial charge in [0, 0.05) is 12.6 Å². The van der Waals surface area contributed by atoms with Crippen LogP contribution in [-0.4, -0.2) is 61.5 Å². The topological polar surface area (TPSA) is 44.7 Å². The Morgan fingerprint density at radius 1 is 1.46 bits per heavy atom. The molecule has 3 unspecified atom stereocenters. The molecule has 2 rings (SSSR count). The molecular formula is C9H18N2O2. The molecule has 2 aliphatic heterocycles. The fraction of sp³-hybridized carbons (Fsp3) is 1.00. The molecule has 0 aromatic heterocycles. The van der Waals surface area contributed by atoms with Crippen LogP contribution < -0.4 is 5.32 Å². The van der Waals surface area contributed by atoms with Crippen LogP contribution in [-0.2, 0) is 4.74 Å². The summed E-state index contributed by atoms with van der Waals surface area (Å²) in [7, 11) is 2.13. The Balaban J connectivity index is 1.77. The summed E-state index contributed by atoms with van der Waals surface area (Å²) in [4.78, 5) is 2.31. The van der Waals surface area contributed by atoms with Crippen LogP contribution in [0.4, 0.5) is 0 Å². The zero-order valence-electron chi connectivity index (χ0n) is 8.07. The highest BCUT2D eigenvalue weighted by Crippen LogP contribution is 2.11. The van der Waals surface area contributed by atoms with Gasteiger partial charge in [0.15, 0.2) is 0 Å². The smallest absolute Gasteiger partial charge is 0.0948 e. The lowest BCUT2D eigenvalue weighted by atomic mass is 10.1. The van der Waals surface area contributed by atoms with E-state index in [9.17, 15) is 5.11 Å². The molecule has 2 saturated heterocycles. The second-order valence-corrected chi connectivity index (χ2v) is 4.13. The molecule has 0 bridgehead atoms. The van der Waals surface area contributed by atoms with Gasteiger partial charge in [-0.25, -0.2) is 0 Å². The summed E-state index contributed by atoms with van der Waals surface area (Å²) in [5.41, 5.74) is 0. The van der Waals surface area contributed by atoms with E-state index in [1.807, 2.05) is 0 Å². The van der Waals surface area contributed by atoms with Crippen molar-refractivity contribution in [3.63, 3.8) is 0 Å². The summed E-state index contributed by atoms with van der Waals surface area (Å²) in [6.07, 6.45) is 0.866. The van der Waals surface area contributed by atoms with Crippen molar-refractivity contribution in [1.82, 2.24) is 10.2 Å². The van der Waals surface area contributed by atoms with Crippen LogP contribution in [0.3, 0.4) is 0 Å². The highest BCUT2D eigenvalue weighted by molar-refractivity contribution is 4.87. The Labute approximate surface area is 78.9 Å². The molecule has 2 fully saturated rings. The van der Waals surface area contributed by atoms with Crippen molar-refractivity contribution in [3.8, 4) is 0 Å². The van der Waals surface area contributed by atoms with Crippen LogP contribution in [0.5, 0.6) is 0 Å². The van der Waals surface area contributed by atoms with E-state index in [1.165, 1.54) is 6.42 Å². The average molecular weight is 186 g/mol. The van der Waals surface area contributed by atoms with Crippen LogP contribution in [0.2, 0.25) is 0 Å². The standard InChI is InChI=1S/C9H18N2O2/c1-11-3-2-7(4-11)10-8-5-13-6-9(8)12/h7-10,12H,2-6H2,1H3. The third-order valence-corrected chi connectivity index (χ3v) is 2.89. The maximum absolute atomic E-state index is 9.51. The molecule has 0 radical (unpaired) electrons. The molecule has 0 amide bonds. The monoisotopic (exact) mass is 186 g/mol. The van der Waals surface area contributed by atoms with Gasteiger partial charge in [-0.05, 0) is 20.0 Å². The van der Waals surface area contributed by atoms with Crippen molar-refractivity contribution in [2.24, 2.45) is 0 Å².